The molecular formula is C3H10BLi. The second kappa shape index (κ2) is 4.66. The summed E-state index contributed by atoms with van der Waals surface area (Å²) >= 11 is 0. The predicted octanol–water partition coefficient (Wildman–Crippen LogP) is -1.51. The van der Waals surface area contributed by atoms with Crippen molar-refractivity contribution in [1.82, 2.24) is 0 Å². The first-order valence-electron chi connectivity index (χ1n) is 1.73. The second-order valence-electron chi connectivity index (χ2n) is 1.73. The standard InChI is InChI=1S/C3H9B.Li.H/c1-4(2)3;;/h1-3H3;;/q;+1;-1. The molecule has 0 saturated carbocycles. The van der Waals surface area contributed by atoms with E-state index in [1.807, 2.05) is 0 Å². The van der Waals surface area contributed by atoms with Crippen LogP contribution in [-0.4, -0.2) is 6.71 Å². The van der Waals surface area contributed by atoms with Gasteiger partial charge in [-0.25, -0.2) is 0 Å². The van der Waals surface area contributed by atoms with Crippen LogP contribution in [0.4, 0.5) is 0 Å². The van der Waals surface area contributed by atoms with Crippen molar-refractivity contribution in [3.63, 3.8) is 0 Å². The van der Waals surface area contributed by atoms with E-state index >= 15 is 0 Å². The quantitative estimate of drug-likeness (QED) is 0.300. The van der Waals surface area contributed by atoms with E-state index in [-0.39, 0.29) is 20.3 Å². The zero-order chi connectivity index (χ0) is 3.58. The van der Waals surface area contributed by atoms with Crippen LogP contribution in [0.5, 0.6) is 0 Å². The van der Waals surface area contributed by atoms with E-state index in [4.69, 9.17) is 0 Å². The summed E-state index contributed by atoms with van der Waals surface area (Å²) in [6, 6.07) is 0. The van der Waals surface area contributed by atoms with Gasteiger partial charge in [-0.05, 0) is 0 Å². The van der Waals surface area contributed by atoms with Crippen LogP contribution in [0.25, 0.3) is 0 Å². The molecule has 0 heterocycles. The number of hydrogen-bond donors (Lipinski definition) is 0. The zero-order valence-electron chi connectivity index (χ0n) is 5.58. The van der Waals surface area contributed by atoms with Gasteiger partial charge in [-0.15, -0.1) is 0 Å². The van der Waals surface area contributed by atoms with Crippen LogP contribution in [0.1, 0.15) is 1.43 Å². The Balaban J connectivity index is -0.0000000450. The van der Waals surface area contributed by atoms with Gasteiger partial charge in [0, 0.05) is 0 Å². The van der Waals surface area contributed by atoms with Gasteiger partial charge in [0.25, 0.3) is 0 Å². The molecular weight excluding hydrogens is 53.8 g/mol. The first-order chi connectivity index (χ1) is 1.73. The molecule has 0 nitrogen and oxygen atoms in total. The van der Waals surface area contributed by atoms with Crippen LogP contribution in [0.2, 0.25) is 20.5 Å². The van der Waals surface area contributed by atoms with Crippen molar-refractivity contribution in [2.24, 2.45) is 0 Å². The van der Waals surface area contributed by atoms with E-state index in [1.54, 1.807) is 0 Å². The summed E-state index contributed by atoms with van der Waals surface area (Å²) in [6.45, 7) is 7.33. The van der Waals surface area contributed by atoms with Crippen molar-refractivity contribution in [3.8, 4) is 0 Å². The van der Waals surface area contributed by atoms with Crippen molar-refractivity contribution in [3.05, 3.63) is 0 Å². The van der Waals surface area contributed by atoms with Crippen molar-refractivity contribution in [1.29, 1.82) is 0 Å². The van der Waals surface area contributed by atoms with E-state index in [2.05, 4.69) is 20.5 Å². The molecule has 0 fully saturated rings. The van der Waals surface area contributed by atoms with E-state index in [1.165, 1.54) is 0 Å². The molecule has 0 saturated heterocycles. The van der Waals surface area contributed by atoms with E-state index < -0.39 is 0 Å². The van der Waals surface area contributed by atoms with Crippen LogP contribution in [0, 0.1) is 0 Å². The summed E-state index contributed by atoms with van der Waals surface area (Å²) < 4.78 is 0. The average Bonchev–Trinajstić information content (AvgIpc) is 0.811. The van der Waals surface area contributed by atoms with Gasteiger partial charge in [0.15, 0.2) is 0 Å². The Bertz CT molecular complexity index is 15.5. The topological polar surface area (TPSA) is 0 Å². The summed E-state index contributed by atoms with van der Waals surface area (Å²) in [5.41, 5.74) is 0. The number of hydrogen-bond acceptors (Lipinski definition) is 0. The van der Waals surface area contributed by atoms with Crippen LogP contribution in [-0.2, 0) is 0 Å². The molecule has 0 unspecified atom stereocenters. The van der Waals surface area contributed by atoms with Crippen LogP contribution in [0.15, 0.2) is 0 Å². The van der Waals surface area contributed by atoms with E-state index in [9.17, 15) is 0 Å². The maximum absolute atomic E-state index is 2.17. The summed E-state index contributed by atoms with van der Waals surface area (Å²) in [5.74, 6) is 0. The summed E-state index contributed by atoms with van der Waals surface area (Å²) in [4.78, 5) is 0. The van der Waals surface area contributed by atoms with Gasteiger partial charge >= 0.3 is 18.9 Å². The zero-order valence-corrected chi connectivity index (χ0v) is 4.58. The van der Waals surface area contributed by atoms with Gasteiger partial charge in [0.2, 0.25) is 0 Å². The first kappa shape index (κ1) is 9.18. The van der Waals surface area contributed by atoms with Crippen molar-refractivity contribution in [2.45, 2.75) is 20.5 Å². The Morgan fingerprint density at radius 2 is 1.20 bits per heavy atom. The van der Waals surface area contributed by atoms with Gasteiger partial charge in [0.05, 0.1) is 0 Å². The van der Waals surface area contributed by atoms with Gasteiger partial charge in [-0.2, -0.15) is 0 Å². The molecule has 0 aromatic carbocycles. The molecule has 0 aliphatic rings. The number of rotatable bonds is 0. The Hall–Kier alpha value is 0.662. The van der Waals surface area contributed by atoms with Crippen molar-refractivity contribution < 1.29 is 20.3 Å². The minimum Gasteiger partial charge on any atom is -1.00 e. The smallest absolute Gasteiger partial charge is 1.00 e. The molecule has 0 N–H and O–H groups in total. The Morgan fingerprint density at radius 1 is 1.20 bits per heavy atom. The molecule has 2 heteroatoms. The molecule has 26 valence electrons. The van der Waals surface area contributed by atoms with Crippen molar-refractivity contribution >= 4 is 6.71 Å². The summed E-state index contributed by atoms with van der Waals surface area (Å²) in [5, 5.41) is 0. The fourth-order valence-corrected chi connectivity index (χ4v) is 0. The third kappa shape index (κ3) is 75.3. The van der Waals surface area contributed by atoms with Gasteiger partial charge < -0.3 is 1.43 Å². The molecule has 0 aromatic heterocycles. The fraction of sp³-hybridized carbons (Fsp3) is 1.00. The molecule has 0 aromatic rings. The average molecular weight is 63.9 g/mol. The molecule has 0 bridgehead atoms. The molecule has 0 aliphatic carbocycles. The minimum absolute atomic E-state index is 0. The van der Waals surface area contributed by atoms with E-state index in [0.717, 1.165) is 6.71 Å². The Kier molecular flexibility index (Phi) is 8.56. The molecule has 0 atom stereocenters. The fourth-order valence-electron chi connectivity index (χ4n) is 0. The largest absolute Gasteiger partial charge is 1.00 e. The van der Waals surface area contributed by atoms with Crippen molar-refractivity contribution in [2.75, 3.05) is 0 Å². The van der Waals surface area contributed by atoms with Gasteiger partial charge in [-0.3, -0.25) is 0 Å². The maximum Gasteiger partial charge on any atom is 1.00 e. The molecule has 5 heavy (non-hydrogen) atoms. The van der Waals surface area contributed by atoms with Gasteiger partial charge in [-0.1, -0.05) is 20.5 Å². The SMILES string of the molecule is CB(C)C.[H-].[Li+]. The van der Waals surface area contributed by atoms with Crippen LogP contribution < -0.4 is 18.9 Å². The third-order valence-corrected chi connectivity index (χ3v) is 0. The van der Waals surface area contributed by atoms with E-state index in [0.29, 0.717) is 0 Å². The third-order valence-electron chi connectivity index (χ3n) is 0. The van der Waals surface area contributed by atoms with Crippen LogP contribution >= 0.6 is 0 Å². The first-order valence-corrected chi connectivity index (χ1v) is 1.73. The summed E-state index contributed by atoms with van der Waals surface area (Å²) in [7, 11) is 0. The summed E-state index contributed by atoms with van der Waals surface area (Å²) in [6.07, 6.45) is 0. The molecule has 0 radical (unpaired) electrons. The van der Waals surface area contributed by atoms with Crippen LogP contribution in [0.3, 0.4) is 0 Å². The molecule has 0 amide bonds. The minimum atomic E-state index is 0. The monoisotopic (exact) mass is 64.1 g/mol. The molecule has 0 aliphatic heterocycles. The van der Waals surface area contributed by atoms with Gasteiger partial charge in [0.1, 0.15) is 6.71 Å². The Morgan fingerprint density at radius 3 is 1.20 bits per heavy atom. The molecule has 0 rings (SSSR count). The molecule has 0 spiro atoms. The normalized spacial score (nSPS) is 5.40. The maximum atomic E-state index is 2.17. The second-order valence-corrected chi connectivity index (χ2v) is 1.73. The Labute approximate surface area is 48.1 Å². The predicted molar refractivity (Wildman–Crippen MR) is 24.5 cm³/mol.